The Morgan fingerprint density at radius 3 is 2.77 bits per heavy atom. The number of thioether (sulfide) groups is 1. The maximum Gasteiger partial charge on any atom is 0.404 e. The molecule has 0 saturated carbocycles. The minimum absolute atomic E-state index is 0.0384. The van der Waals surface area contributed by atoms with E-state index in [2.05, 4.69) is 29.0 Å². The molecule has 0 bridgehead atoms. The number of nitrogens with two attached hydrogens (primary N) is 1. The second-order valence-electron chi connectivity index (χ2n) is 7.50. The van der Waals surface area contributed by atoms with E-state index < -0.39 is 11.9 Å². The smallest absolute Gasteiger partial charge is 0.404 e. The lowest BCUT2D eigenvalue weighted by atomic mass is 10.1. The second-order valence-corrected chi connectivity index (χ2v) is 8.57. The zero-order chi connectivity index (χ0) is 22.4. The van der Waals surface area contributed by atoms with Gasteiger partial charge in [-0.1, -0.05) is 37.7 Å². The average Bonchev–Trinajstić information content (AvgIpc) is 2.99. The standard InChI is InChI=1S/C22H27FN4O3S/c1-15(2)19-20(31-18-8-4-7-17(23)12-18)27(14-16-6-5-9-25-13-16)22(3,26-19)30-11-10-29-21(24)28/h4-9,12-13,15,26H,10-11,14H2,1-3H3,(H2,24,28). The molecule has 1 aliphatic rings. The summed E-state index contributed by atoms with van der Waals surface area (Å²) < 4.78 is 24.8. The van der Waals surface area contributed by atoms with Gasteiger partial charge >= 0.3 is 6.09 Å². The number of halogens is 1. The summed E-state index contributed by atoms with van der Waals surface area (Å²) in [5, 5.41) is 4.42. The zero-order valence-electron chi connectivity index (χ0n) is 17.8. The highest BCUT2D eigenvalue weighted by Crippen LogP contribution is 2.43. The molecular formula is C22H27FN4O3S. The van der Waals surface area contributed by atoms with E-state index in [1.54, 1.807) is 18.5 Å². The van der Waals surface area contributed by atoms with Crippen LogP contribution in [0.1, 0.15) is 26.3 Å². The molecule has 1 aliphatic heterocycles. The summed E-state index contributed by atoms with van der Waals surface area (Å²) in [6.07, 6.45) is 2.68. The van der Waals surface area contributed by atoms with Gasteiger partial charge in [0.1, 0.15) is 12.4 Å². The minimum atomic E-state index is -0.911. The molecule has 9 heteroatoms. The molecule has 0 aliphatic carbocycles. The number of nitrogens with one attached hydrogen (secondary N) is 1. The molecule has 2 aromatic rings. The van der Waals surface area contributed by atoms with Crippen LogP contribution in [-0.4, -0.2) is 35.0 Å². The van der Waals surface area contributed by atoms with Crippen molar-refractivity contribution in [3.63, 3.8) is 0 Å². The molecule has 0 fully saturated rings. The summed E-state index contributed by atoms with van der Waals surface area (Å²) in [4.78, 5) is 18.0. The van der Waals surface area contributed by atoms with Gasteiger partial charge in [-0.25, -0.2) is 9.18 Å². The molecule has 0 radical (unpaired) electrons. The molecular weight excluding hydrogens is 419 g/mol. The molecule has 2 heterocycles. The number of hydrogen-bond acceptors (Lipinski definition) is 7. The summed E-state index contributed by atoms with van der Waals surface area (Å²) in [7, 11) is 0. The van der Waals surface area contributed by atoms with Crippen molar-refractivity contribution in [1.82, 2.24) is 15.2 Å². The number of allylic oxidation sites excluding steroid dienone is 1. The number of pyridine rings is 1. The number of carbonyl (C=O) groups excluding carboxylic acids is 1. The fourth-order valence-electron chi connectivity index (χ4n) is 3.25. The van der Waals surface area contributed by atoms with Gasteiger partial charge in [-0.15, -0.1) is 0 Å². The van der Waals surface area contributed by atoms with Crippen molar-refractivity contribution in [3.05, 3.63) is 70.9 Å². The summed E-state index contributed by atoms with van der Waals surface area (Å²) in [5.74, 6) is -1.03. The number of aromatic nitrogens is 1. The Hall–Kier alpha value is -2.78. The summed E-state index contributed by atoms with van der Waals surface area (Å²) >= 11 is 1.47. The first-order valence-corrected chi connectivity index (χ1v) is 10.8. The molecule has 3 N–H and O–H groups in total. The van der Waals surface area contributed by atoms with Gasteiger partial charge in [0.15, 0.2) is 0 Å². The van der Waals surface area contributed by atoms with Gasteiger partial charge < -0.3 is 25.4 Å². The van der Waals surface area contributed by atoms with Crippen LogP contribution in [0.2, 0.25) is 0 Å². The predicted molar refractivity (Wildman–Crippen MR) is 117 cm³/mol. The lowest BCUT2D eigenvalue weighted by Crippen LogP contribution is -2.52. The van der Waals surface area contributed by atoms with Crippen molar-refractivity contribution in [1.29, 1.82) is 0 Å². The molecule has 0 saturated heterocycles. The molecule has 1 unspecified atom stereocenters. The SMILES string of the molecule is CC(C)C1=C(Sc2cccc(F)c2)N(Cc2cccnc2)C(C)(OCCOC(N)=O)N1. The lowest BCUT2D eigenvalue weighted by Gasteiger charge is -2.38. The van der Waals surface area contributed by atoms with E-state index in [0.717, 1.165) is 21.2 Å². The fourth-order valence-corrected chi connectivity index (χ4v) is 4.53. The quantitative estimate of drug-likeness (QED) is 0.562. The molecule has 1 aromatic carbocycles. The minimum Gasteiger partial charge on any atom is -0.447 e. The van der Waals surface area contributed by atoms with E-state index in [1.165, 1.54) is 23.9 Å². The number of carbonyl (C=O) groups is 1. The third-order valence-electron chi connectivity index (χ3n) is 4.72. The Balaban J connectivity index is 1.91. The number of benzene rings is 1. The largest absolute Gasteiger partial charge is 0.447 e. The van der Waals surface area contributed by atoms with Crippen LogP contribution in [0.25, 0.3) is 0 Å². The van der Waals surface area contributed by atoms with Crippen LogP contribution in [-0.2, 0) is 16.0 Å². The van der Waals surface area contributed by atoms with Crippen molar-refractivity contribution in [2.75, 3.05) is 13.2 Å². The van der Waals surface area contributed by atoms with Crippen LogP contribution >= 0.6 is 11.8 Å². The Labute approximate surface area is 185 Å². The number of rotatable bonds is 9. The van der Waals surface area contributed by atoms with E-state index >= 15 is 0 Å². The van der Waals surface area contributed by atoms with Gasteiger partial charge in [-0.2, -0.15) is 0 Å². The van der Waals surface area contributed by atoms with E-state index in [9.17, 15) is 9.18 Å². The van der Waals surface area contributed by atoms with Crippen molar-refractivity contribution in [3.8, 4) is 0 Å². The molecule has 166 valence electrons. The van der Waals surface area contributed by atoms with Gasteiger partial charge in [0.05, 0.1) is 11.6 Å². The number of hydrogen-bond donors (Lipinski definition) is 2. The predicted octanol–water partition coefficient (Wildman–Crippen LogP) is 4.03. The molecule has 3 rings (SSSR count). The Kier molecular flexibility index (Phi) is 7.40. The molecule has 7 nitrogen and oxygen atoms in total. The third kappa shape index (κ3) is 5.89. The topological polar surface area (TPSA) is 89.7 Å². The number of amides is 1. The van der Waals surface area contributed by atoms with E-state index in [4.69, 9.17) is 15.2 Å². The van der Waals surface area contributed by atoms with Crippen LogP contribution in [0.3, 0.4) is 0 Å². The highest BCUT2D eigenvalue weighted by Gasteiger charge is 2.43. The number of ether oxygens (including phenoxy) is 2. The van der Waals surface area contributed by atoms with Gasteiger partial charge in [-0.3, -0.25) is 4.98 Å². The summed E-state index contributed by atoms with van der Waals surface area (Å²) in [6.45, 7) is 6.78. The highest BCUT2D eigenvalue weighted by atomic mass is 32.2. The van der Waals surface area contributed by atoms with E-state index in [0.29, 0.717) is 6.54 Å². The first-order valence-electron chi connectivity index (χ1n) is 9.97. The maximum atomic E-state index is 13.8. The van der Waals surface area contributed by atoms with Crippen molar-refractivity contribution in [2.24, 2.45) is 11.7 Å². The molecule has 0 spiro atoms. The Morgan fingerprint density at radius 1 is 1.32 bits per heavy atom. The first-order chi connectivity index (χ1) is 14.8. The van der Waals surface area contributed by atoms with Crippen molar-refractivity contribution < 1.29 is 18.7 Å². The average molecular weight is 447 g/mol. The third-order valence-corrected chi connectivity index (χ3v) is 5.84. The van der Waals surface area contributed by atoms with Crippen LogP contribution in [0.4, 0.5) is 9.18 Å². The van der Waals surface area contributed by atoms with Gasteiger partial charge in [0, 0.05) is 36.5 Å². The first kappa shape index (κ1) is 22.9. The second kappa shape index (κ2) is 10.0. The van der Waals surface area contributed by atoms with Gasteiger partial charge in [-0.05, 0) is 35.7 Å². The molecule has 31 heavy (non-hydrogen) atoms. The normalized spacial score (nSPS) is 18.4. The van der Waals surface area contributed by atoms with Gasteiger partial charge in [0.2, 0.25) is 5.85 Å². The number of nitrogens with zero attached hydrogens (tertiary/aromatic N) is 2. The van der Waals surface area contributed by atoms with Crippen LogP contribution in [0.15, 0.2) is 64.4 Å². The van der Waals surface area contributed by atoms with Crippen molar-refractivity contribution in [2.45, 2.75) is 38.1 Å². The highest BCUT2D eigenvalue weighted by molar-refractivity contribution is 8.03. The molecule has 1 aromatic heterocycles. The van der Waals surface area contributed by atoms with Crippen LogP contribution < -0.4 is 11.1 Å². The molecule has 1 atom stereocenters. The van der Waals surface area contributed by atoms with Crippen LogP contribution in [0, 0.1) is 11.7 Å². The zero-order valence-corrected chi connectivity index (χ0v) is 18.6. The summed E-state index contributed by atoms with van der Waals surface area (Å²) in [6, 6.07) is 10.4. The van der Waals surface area contributed by atoms with E-state index in [1.807, 2.05) is 25.1 Å². The van der Waals surface area contributed by atoms with Crippen LogP contribution in [0.5, 0.6) is 0 Å². The lowest BCUT2D eigenvalue weighted by molar-refractivity contribution is -0.141. The number of primary amides is 1. The van der Waals surface area contributed by atoms with Gasteiger partial charge in [0.25, 0.3) is 0 Å². The monoisotopic (exact) mass is 446 g/mol. The Morgan fingerprint density at radius 2 is 2.13 bits per heavy atom. The summed E-state index contributed by atoms with van der Waals surface area (Å²) in [5.41, 5.74) is 7.02. The van der Waals surface area contributed by atoms with E-state index in [-0.39, 0.29) is 24.9 Å². The maximum absolute atomic E-state index is 13.8. The Bertz CT molecular complexity index is 941. The molecule has 1 amide bonds. The van der Waals surface area contributed by atoms with Crippen molar-refractivity contribution >= 4 is 17.9 Å². The fraction of sp³-hybridized carbons (Fsp3) is 0.364.